The van der Waals surface area contributed by atoms with E-state index >= 15 is 0 Å². The van der Waals surface area contributed by atoms with E-state index in [0.717, 1.165) is 13.0 Å². The third-order valence-corrected chi connectivity index (χ3v) is 4.92. The van der Waals surface area contributed by atoms with E-state index in [1.165, 1.54) is 31.7 Å². The molecular weight excluding hydrogens is 306 g/mol. The molecule has 4 heteroatoms. The zero-order valence-corrected chi connectivity index (χ0v) is 12.8. The zero-order valence-electron chi connectivity index (χ0n) is 11.2. The summed E-state index contributed by atoms with van der Waals surface area (Å²) >= 11 is 3.21. The molecule has 1 aliphatic rings. The van der Waals surface area contributed by atoms with E-state index in [1.54, 1.807) is 12.1 Å². The maximum absolute atomic E-state index is 12.1. The van der Waals surface area contributed by atoms with E-state index in [4.69, 9.17) is 0 Å². The molecule has 0 saturated heterocycles. The van der Waals surface area contributed by atoms with E-state index in [0.29, 0.717) is 10.0 Å². The monoisotopic (exact) mass is 325 g/mol. The summed E-state index contributed by atoms with van der Waals surface area (Å²) in [7, 11) is 0. The highest BCUT2D eigenvalue weighted by molar-refractivity contribution is 9.10. The zero-order chi connectivity index (χ0) is 13.9. The molecule has 1 fully saturated rings. The van der Waals surface area contributed by atoms with Gasteiger partial charge in [0.15, 0.2) is 0 Å². The molecule has 1 aliphatic carbocycles. The van der Waals surface area contributed by atoms with Gasteiger partial charge in [0, 0.05) is 12.1 Å². The predicted octanol–water partition coefficient (Wildman–Crippen LogP) is 3.85. The van der Waals surface area contributed by atoms with Crippen molar-refractivity contribution < 1.29 is 9.90 Å². The lowest BCUT2D eigenvalue weighted by Crippen LogP contribution is -2.35. The average molecular weight is 326 g/mol. The van der Waals surface area contributed by atoms with Gasteiger partial charge in [0.25, 0.3) is 5.91 Å². The largest absolute Gasteiger partial charge is 0.507 e. The number of nitrogens with one attached hydrogen (secondary N) is 1. The highest BCUT2D eigenvalue weighted by Gasteiger charge is 2.32. The molecule has 0 heterocycles. The number of phenols is 1. The van der Waals surface area contributed by atoms with Gasteiger partial charge in [-0.15, -0.1) is 0 Å². The standard InChI is InChI=1S/C15H20BrNO2/c1-2-15(7-3-4-8-15)10-17-14(19)11-5-6-12(16)13(18)9-11/h5-6,9,18H,2-4,7-8,10H2,1H3,(H,17,19). The Kier molecular flexibility index (Phi) is 4.50. The van der Waals surface area contributed by atoms with Crippen LogP contribution in [0.3, 0.4) is 0 Å². The van der Waals surface area contributed by atoms with Gasteiger partial charge in [0.1, 0.15) is 5.75 Å². The maximum Gasteiger partial charge on any atom is 0.251 e. The van der Waals surface area contributed by atoms with Gasteiger partial charge in [-0.25, -0.2) is 0 Å². The second-order valence-electron chi connectivity index (χ2n) is 5.41. The van der Waals surface area contributed by atoms with E-state index in [9.17, 15) is 9.90 Å². The Morgan fingerprint density at radius 1 is 1.42 bits per heavy atom. The second kappa shape index (κ2) is 5.95. The van der Waals surface area contributed by atoms with E-state index in [-0.39, 0.29) is 17.1 Å². The molecule has 0 unspecified atom stereocenters. The summed E-state index contributed by atoms with van der Waals surface area (Å²) in [6.07, 6.45) is 6.05. The quantitative estimate of drug-likeness (QED) is 0.883. The van der Waals surface area contributed by atoms with Gasteiger partial charge in [-0.3, -0.25) is 4.79 Å². The summed E-state index contributed by atoms with van der Waals surface area (Å²) < 4.78 is 0.602. The van der Waals surface area contributed by atoms with Gasteiger partial charge in [0.2, 0.25) is 0 Å². The first kappa shape index (κ1) is 14.4. The van der Waals surface area contributed by atoms with Crippen LogP contribution in [0.5, 0.6) is 5.75 Å². The number of amides is 1. The van der Waals surface area contributed by atoms with Gasteiger partial charge < -0.3 is 10.4 Å². The first-order valence-corrected chi connectivity index (χ1v) is 7.62. The Hall–Kier alpha value is -1.03. The fraction of sp³-hybridized carbons (Fsp3) is 0.533. The van der Waals surface area contributed by atoms with Crippen LogP contribution in [-0.2, 0) is 0 Å². The molecule has 3 nitrogen and oxygen atoms in total. The third-order valence-electron chi connectivity index (χ3n) is 4.25. The summed E-state index contributed by atoms with van der Waals surface area (Å²) in [5, 5.41) is 12.6. The Morgan fingerprint density at radius 3 is 2.68 bits per heavy atom. The molecule has 19 heavy (non-hydrogen) atoms. The van der Waals surface area contributed by atoms with Crippen LogP contribution in [0.25, 0.3) is 0 Å². The predicted molar refractivity (Wildman–Crippen MR) is 79.3 cm³/mol. The Labute approximate surface area is 122 Å². The molecule has 1 aromatic carbocycles. The van der Waals surface area contributed by atoms with Crippen LogP contribution in [0, 0.1) is 5.41 Å². The van der Waals surface area contributed by atoms with Gasteiger partial charge in [-0.2, -0.15) is 0 Å². The molecule has 1 saturated carbocycles. The Balaban J connectivity index is 1.99. The molecule has 2 N–H and O–H groups in total. The molecule has 0 atom stereocenters. The van der Waals surface area contributed by atoms with Crippen molar-refractivity contribution in [3.05, 3.63) is 28.2 Å². The van der Waals surface area contributed by atoms with Crippen LogP contribution in [0.15, 0.2) is 22.7 Å². The van der Waals surface area contributed by atoms with Crippen LogP contribution in [0.4, 0.5) is 0 Å². The topological polar surface area (TPSA) is 49.3 Å². The van der Waals surface area contributed by atoms with E-state index in [1.807, 2.05) is 0 Å². The fourth-order valence-electron chi connectivity index (χ4n) is 2.80. The first-order chi connectivity index (χ1) is 9.06. The highest BCUT2D eigenvalue weighted by atomic mass is 79.9. The second-order valence-corrected chi connectivity index (χ2v) is 6.26. The van der Waals surface area contributed by atoms with E-state index < -0.39 is 0 Å². The normalized spacial score (nSPS) is 17.4. The van der Waals surface area contributed by atoms with Crippen LogP contribution in [-0.4, -0.2) is 17.6 Å². The molecule has 0 radical (unpaired) electrons. The molecule has 0 spiro atoms. The Morgan fingerprint density at radius 2 is 2.11 bits per heavy atom. The number of hydrogen-bond acceptors (Lipinski definition) is 2. The maximum atomic E-state index is 12.1. The first-order valence-electron chi connectivity index (χ1n) is 6.83. The molecule has 0 bridgehead atoms. The molecule has 0 aliphatic heterocycles. The number of phenolic OH excluding ortho intramolecular Hbond substituents is 1. The van der Waals surface area contributed by atoms with Crippen molar-refractivity contribution in [2.75, 3.05) is 6.54 Å². The highest BCUT2D eigenvalue weighted by Crippen LogP contribution is 2.40. The van der Waals surface area contributed by atoms with Crippen molar-refractivity contribution in [3.8, 4) is 5.75 Å². The summed E-state index contributed by atoms with van der Waals surface area (Å²) in [4.78, 5) is 12.1. The number of benzene rings is 1. The number of hydrogen-bond donors (Lipinski definition) is 2. The van der Waals surface area contributed by atoms with Crippen molar-refractivity contribution in [2.24, 2.45) is 5.41 Å². The lowest BCUT2D eigenvalue weighted by Gasteiger charge is -2.27. The van der Waals surface area contributed by atoms with E-state index in [2.05, 4.69) is 28.2 Å². The molecule has 104 valence electrons. The minimum absolute atomic E-state index is 0.0960. The van der Waals surface area contributed by atoms with Crippen molar-refractivity contribution in [3.63, 3.8) is 0 Å². The van der Waals surface area contributed by atoms with Crippen LogP contribution < -0.4 is 5.32 Å². The van der Waals surface area contributed by atoms with Crippen molar-refractivity contribution in [1.29, 1.82) is 0 Å². The van der Waals surface area contributed by atoms with Crippen LogP contribution in [0.2, 0.25) is 0 Å². The average Bonchev–Trinajstić information content (AvgIpc) is 2.89. The molecule has 1 amide bonds. The summed E-state index contributed by atoms with van der Waals surface area (Å²) in [5.41, 5.74) is 0.789. The SMILES string of the molecule is CCC1(CNC(=O)c2ccc(Br)c(O)c2)CCCC1. The minimum Gasteiger partial charge on any atom is -0.507 e. The number of carbonyl (C=O) groups is 1. The third kappa shape index (κ3) is 3.30. The van der Waals surface area contributed by atoms with Gasteiger partial charge in [0.05, 0.1) is 4.47 Å². The van der Waals surface area contributed by atoms with Crippen molar-refractivity contribution in [1.82, 2.24) is 5.32 Å². The summed E-state index contributed by atoms with van der Waals surface area (Å²) in [5.74, 6) is -0.0127. The smallest absolute Gasteiger partial charge is 0.251 e. The van der Waals surface area contributed by atoms with Crippen molar-refractivity contribution >= 4 is 21.8 Å². The lowest BCUT2D eigenvalue weighted by atomic mass is 9.83. The number of carbonyl (C=O) groups excluding carboxylic acids is 1. The number of rotatable bonds is 4. The van der Waals surface area contributed by atoms with Gasteiger partial charge in [-0.1, -0.05) is 19.8 Å². The molecule has 1 aromatic rings. The van der Waals surface area contributed by atoms with Crippen molar-refractivity contribution in [2.45, 2.75) is 39.0 Å². The fourth-order valence-corrected chi connectivity index (χ4v) is 3.05. The summed E-state index contributed by atoms with van der Waals surface area (Å²) in [6, 6.07) is 4.90. The minimum atomic E-state index is -0.109. The van der Waals surface area contributed by atoms with Crippen LogP contribution >= 0.6 is 15.9 Å². The molecular formula is C15H20BrNO2. The summed E-state index contributed by atoms with van der Waals surface area (Å²) in [6.45, 7) is 2.93. The molecule has 2 rings (SSSR count). The Bertz CT molecular complexity index is 467. The van der Waals surface area contributed by atoms with Gasteiger partial charge >= 0.3 is 0 Å². The lowest BCUT2D eigenvalue weighted by molar-refractivity contribution is 0.0928. The van der Waals surface area contributed by atoms with Crippen LogP contribution in [0.1, 0.15) is 49.4 Å². The number of aromatic hydroxyl groups is 1. The number of halogens is 1. The van der Waals surface area contributed by atoms with Gasteiger partial charge in [-0.05, 0) is 58.8 Å². The molecule has 0 aromatic heterocycles.